The minimum absolute atomic E-state index is 0.542. The van der Waals surface area contributed by atoms with Crippen LogP contribution in [0.5, 0.6) is 0 Å². The number of hydrogen-bond acceptors (Lipinski definition) is 0. The molecule has 30 heavy (non-hydrogen) atoms. The van der Waals surface area contributed by atoms with Crippen LogP contribution in [-0.4, -0.2) is 0 Å². The molecule has 0 amide bonds. The molecule has 0 atom stereocenters. The third-order valence-electron chi connectivity index (χ3n) is 6.03. The molecule has 0 heterocycles. The SMILES string of the molecule is CC1CCCC1.CCC(C)(C)C.CCC(C)(C)C.CCC(C)CC.CCCC(C)C. The Morgan fingerprint density at radius 2 is 0.967 bits per heavy atom. The van der Waals surface area contributed by atoms with E-state index in [1.54, 1.807) is 0 Å². The predicted molar refractivity (Wildman–Crippen MR) is 147 cm³/mol. The highest BCUT2D eigenvalue weighted by atomic mass is 14.1. The van der Waals surface area contributed by atoms with Crippen LogP contribution in [0.25, 0.3) is 0 Å². The molecular weight excluding hydrogens is 360 g/mol. The summed E-state index contributed by atoms with van der Waals surface area (Å²) in [6.45, 7) is 33.7. The van der Waals surface area contributed by atoms with Crippen LogP contribution in [-0.2, 0) is 0 Å². The smallest absolute Gasteiger partial charge is 0.0385 e. The van der Waals surface area contributed by atoms with Crippen LogP contribution >= 0.6 is 0 Å². The average Bonchev–Trinajstić information content (AvgIpc) is 3.12. The predicted octanol–water partition coefficient (Wildman–Crippen LogP) is 12.0. The van der Waals surface area contributed by atoms with Crippen molar-refractivity contribution in [2.45, 2.75) is 168 Å². The van der Waals surface area contributed by atoms with E-state index in [9.17, 15) is 0 Å². The van der Waals surface area contributed by atoms with Gasteiger partial charge in [0.05, 0.1) is 0 Å². The third kappa shape index (κ3) is 51.0. The molecular formula is C30H68. The van der Waals surface area contributed by atoms with Crippen molar-refractivity contribution in [3.63, 3.8) is 0 Å². The summed E-state index contributed by atoms with van der Waals surface area (Å²) < 4.78 is 0. The minimum atomic E-state index is 0.542. The fourth-order valence-corrected chi connectivity index (χ4v) is 2.00. The maximum absolute atomic E-state index is 2.34. The maximum Gasteiger partial charge on any atom is -0.0385 e. The van der Waals surface area contributed by atoms with Gasteiger partial charge < -0.3 is 0 Å². The Morgan fingerprint density at radius 1 is 0.667 bits per heavy atom. The van der Waals surface area contributed by atoms with E-state index in [2.05, 4.69) is 104 Å². The van der Waals surface area contributed by atoms with Gasteiger partial charge in [-0.3, -0.25) is 0 Å². The van der Waals surface area contributed by atoms with Gasteiger partial charge in [0, 0.05) is 0 Å². The fraction of sp³-hybridized carbons (Fsp3) is 1.00. The summed E-state index contributed by atoms with van der Waals surface area (Å²) in [6, 6.07) is 0. The van der Waals surface area contributed by atoms with Crippen molar-refractivity contribution in [2.24, 2.45) is 28.6 Å². The molecule has 0 bridgehead atoms. The fourth-order valence-electron chi connectivity index (χ4n) is 2.00. The molecule has 1 fully saturated rings. The Morgan fingerprint density at radius 3 is 1.00 bits per heavy atom. The monoisotopic (exact) mass is 429 g/mol. The lowest BCUT2D eigenvalue weighted by Gasteiger charge is -2.12. The van der Waals surface area contributed by atoms with E-state index in [1.807, 2.05) is 0 Å². The molecule has 1 rings (SSSR count). The number of hydrogen-bond donors (Lipinski definition) is 0. The molecule has 0 spiro atoms. The van der Waals surface area contributed by atoms with Crippen molar-refractivity contribution >= 4 is 0 Å². The second-order valence-electron chi connectivity index (χ2n) is 12.3. The zero-order chi connectivity index (χ0) is 24.8. The standard InChI is InChI=1S/C6H12.4C6H14/c1-6-4-2-3-5-6;2*1-5-6(2,3)4;1-4-5-6(2)3;1-4-6(3)5-2/h6H,2-5H2,1H3;2*5H2,1-4H3;2*6H,4-5H2,1-3H3. The Kier molecular flexibility index (Phi) is 29.4. The van der Waals surface area contributed by atoms with Crippen LogP contribution in [0, 0.1) is 28.6 Å². The highest BCUT2D eigenvalue weighted by molar-refractivity contribution is 4.60. The van der Waals surface area contributed by atoms with Gasteiger partial charge in [-0.25, -0.2) is 0 Å². The van der Waals surface area contributed by atoms with E-state index < -0.39 is 0 Å². The van der Waals surface area contributed by atoms with Gasteiger partial charge in [-0.1, -0.05) is 168 Å². The van der Waals surface area contributed by atoms with E-state index in [-0.39, 0.29) is 0 Å². The Labute approximate surface area is 196 Å². The minimum Gasteiger partial charge on any atom is -0.0654 e. The lowest BCUT2D eigenvalue weighted by molar-refractivity contribution is 0.397. The first kappa shape index (κ1) is 37.3. The van der Waals surface area contributed by atoms with Gasteiger partial charge in [0.25, 0.3) is 0 Å². The second-order valence-corrected chi connectivity index (χ2v) is 12.3. The molecule has 188 valence electrons. The van der Waals surface area contributed by atoms with Gasteiger partial charge in [-0.2, -0.15) is 0 Å². The molecule has 0 aromatic carbocycles. The lowest BCUT2D eigenvalue weighted by atomic mass is 9.94. The average molecular weight is 429 g/mol. The van der Waals surface area contributed by atoms with Crippen LogP contribution in [0.15, 0.2) is 0 Å². The van der Waals surface area contributed by atoms with Crippen LogP contribution in [0.1, 0.15) is 168 Å². The van der Waals surface area contributed by atoms with Gasteiger partial charge in [-0.05, 0) is 28.6 Å². The quantitative estimate of drug-likeness (QED) is 0.417. The van der Waals surface area contributed by atoms with Crippen molar-refractivity contribution in [2.75, 3.05) is 0 Å². The van der Waals surface area contributed by atoms with E-state index >= 15 is 0 Å². The van der Waals surface area contributed by atoms with E-state index in [1.165, 1.54) is 64.2 Å². The van der Waals surface area contributed by atoms with Crippen molar-refractivity contribution in [3.8, 4) is 0 Å². The summed E-state index contributed by atoms with van der Waals surface area (Å²) in [4.78, 5) is 0. The molecule has 1 saturated carbocycles. The van der Waals surface area contributed by atoms with Crippen LogP contribution < -0.4 is 0 Å². The largest absolute Gasteiger partial charge is 0.0654 e. The molecule has 0 aromatic rings. The molecule has 0 heteroatoms. The summed E-state index contributed by atoms with van der Waals surface area (Å²) in [5.41, 5.74) is 1.08. The van der Waals surface area contributed by atoms with E-state index in [0.29, 0.717) is 10.8 Å². The van der Waals surface area contributed by atoms with Gasteiger partial charge in [0.15, 0.2) is 0 Å². The van der Waals surface area contributed by atoms with Crippen molar-refractivity contribution in [1.82, 2.24) is 0 Å². The zero-order valence-corrected chi connectivity index (χ0v) is 24.8. The van der Waals surface area contributed by atoms with Crippen LogP contribution in [0.4, 0.5) is 0 Å². The lowest BCUT2D eigenvalue weighted by Crippen LogP contribution is -2.00. The maximum atomic E-state index is 2.34. The summed E-state index contributed by atoms with van der Waals surface area (Å²) in [5, 5.41) is 0. The molecule has 1 aliphatic carbocycles. The van der Waals surface area contributed by atoms with E-state index in [0.717, 1.165) is 17.8 Å². The summed E-state index contributed by atoms with van der Waals surface area (Å²) in [7, 11) is 0. The van der Waals surface area contributed by atoms with Gasteiger partial charge in [0.2, 0.25) is 0 Å². The van der Waals surface area contributed by atoms with Crippen LogP contribution in [0.2, 0.25) is 0 Å². The third-order valence-corrected chi connectivity index (χ3v) is 6.03. The molecule has 0 nitrogen and oxygen atoms in total. The van der Waals surface area contributed by atoms with E-state index in [4.69, 9.17) is 0 Å². The molecule has 0 saturated heterocycles. The Balaban J connectivity index is -0.000000141. The highest BCUT2D eigenvalue weighted by Crippen LogP contribution is 2.23. The summed E-state index contributed by atoms with van der Waals surface area (Å²) >= 11 is 0. The van der Waals surface area contributed by atoms with Crippen molar-refractivity contribution in [1.29, 1.82) is 0 Å². The summed E-state index contributed by atoms with van der Waals surface area (Å²) in [5.74, 6) is 2.88. The van der Waals surface area contributed by atoms with Crippen molar-refractivity contribution < 1.29 is 0 Å². The molecule has 0 unspecified atom stereocenters. The molecule has 1 aliphatic rings. The topological polar surface area (TPSA) is 0 Å². The molecule has 0 aliphatic heterocycles. The van der Waals surface area contributed by atoms with Gasteiger partial charge in [0.1, 0.15) is 0 Å². The first-order valence-electron chi connectivity index (χ1n) is 13.6. The van der Waals surface area contributed by atoms with Crippen LogP contribution in [0.3, 0.4) is 0 Å². The normalized spacial score (nSPS) is 13.9. The van der Waals surface area contributed by atoms with Crippen molar-refractivity contribution in [3.05, 3.63) is 0 Å². The first-order valence-corrected chi connectivity index (χ1v) is 13.6. The molecule has 0 N–H and O–H groups in total. The summed E-state index contributed by atoms with van der Waals surface area (Å²) in [6.07, 6.45) is 13.9. The first-order chi connectivity index (χ1) is 13.6. The highest BCUT2D eigenvalue weighted by Gasteiger charge is 2.07. The van der Waals surface area contributed by atoms with Gasteiger partial charge in [-0.15, -0.1) is 0 Å². The molecule has 0 radical (unpaired) electrons. The van der Waals surface area contributed by atoms with Gasteiger partial charge >= 0.3 is 0 Å². The number of rotatable bonds is 4. The Bertz CT molecular complexity index is 262. The zero-order valence-electron chi connectivity index (χ0n) is 24.8. The Hall–Kier alpha value is 0. The molecule has 0 aromatic heterocycles. The second kappa shape index (κ2) is 23.7.